The van der Waals surface area contributed by atoms with Crippen LogP contribution in [0.3, 0.4) is 0 Å². The topological polar surface area (TPSA) is 75.6 Å². The zero-order valence-corrected chi connectivity index (χ0v) is 12.9. The van der Waals surface area contributed by atoms with Gasteiger partial charge in [0.1, 0.15) is 11.8 Å². The number of carboxylic acid groups (broad SMARTS) is 1. The summed E-state index contributed by atoms with van der Waals surface area (Å²) in [6, 6.07) is 6.20. The molecular weight excluding hydrogens is 326 g/mol. The Labute approximate surface area is 126 Å². The van der Waals surface area contributed by atoms with Crippen molar-refractivity contribution in [2.75, 3.05) is 6.61 Å². The van der Waals surface area contributed by atoms with E-state index in [-0.39, 0.29) is 6.61 Å². The molecule has 1 unspecified atom stereocenters. The van der Waals surface area contributed by atoms with Crippen molar-refractivity contribution in [1.82, 2.24) is 5.32 Å². The van der Waals surface area contributed by atoms with Crippen LogP contribution in [-0.4, -0.2) is 29.6 Å². The van der Waals surface area contributed by atoms with Crippen molar-refractivity contribution in [1.29, 1.82) is 0 Å². The summed E-state index contributed by atoms with van der Waals surface area (Å²) in [7, 11) is 0. The lowest BCUT2D eigenvalue weighted by Crippen LogP contribution is -2.42. The number of hydrogen-bond donors (Lipinski definition) is 2. The fraction of sp³-hybridized carbons (Fsp3) is 0.429. The Bertz CT molecular complexity index is 447. The number of ether oxygens (including phenoxy) is 1. The molecule has 0 heterocycles. The van der Waals surface area contributed by atoms with E-state index in [0.717, 1.165) is 17.3 Å². The Morgan fingerprint density at radius 1 is 1.35 bits per heavy atom. The van der Waals surface area contributed by atoms with E-state index in [9.17, 15) is 9.59 Å². The SMILES string of the molecule is CCCCC(NC(=O)COc1ccc(Br)cc1)C(=O)O. The standard InChI is InChI=1S/C14H18BrNO4/c1-2-3-4-12(14(18)19)16-13(17)9-20-11-7-5-10(15)6-8-11/h5-8,12H,2-4,9H2,1H3,(H,16,17)(H,18,19). The van der Waals surface area contributed by atoms with Crippen molar-refractivity contribution in [3.63, 3.8) is 0 Å². The van der Waals surface area contributed by atoms with Gasteiger partial charge in [0.15, 0.2) is 6.61 Å². The van der Waals surface area contributed by atoms with Crippen LogP contribution in [-0.2, 0) is 9.59 Å². The number of carbonyl (C=O) groups excluding carboxylic acids is 1. The second kappa shape index (κ2) is 8.58. The molecular formula is C14H18BrNO4. The van der Waals surface area contributed by atoms with Gasteiger partial charge in [0.25, 0.3) is 5.91 Å². The second-order valence-electron chi connectivity index (χ2n) is 4.34. The number of carboxylic acids is 1. The fourth-order valence-corrected chi connectivity index (χ4v) is 1.85. The monoisotopic (exact) mass is 343 g/mol. The van der Waals surface area contributed by atoms with E-state index in [1.165, 1.54) is 0 Å². The molecule has 1 atom stereocenters. The number of benzene rings is 1. The summed E-state index contributed by atoms with van der Waals surface area (Å²) in [6.07, 6.45) is 2.07. The van der Waals surface area contributed by atoms with Crippen LogP contribution in [0.15, 0.2) is 28.7 Å². The Hall–Kier alpha value is -1.56. The van der Waals surface area contributed by atoms with Crippen LogP contribution >= 0.6 is 15.9 Å². The molecule has 1 amide bonds. The predicted octanol–water partition coefficient (Wildman–Crippen LogP) is 2.59. The van der Waals surface area contributed by atoms with E-state index < -0.39 is 17.9 Å². The molecule has 2 N–H and O–H groups in total. The number of rotatable bonds is 8. The van der Waals surface area contributed by atoms with E-state index >= 15 is 0 Å². The van der Waals surface area contributed by atoms with Gasteiger partial charge in [-0.15, -0.1) is 0 Å². The van der Waals surface area contributed by atoms with Crippen LogP contribution in [0.4, 0.5) is 0 Å². The zero-order chi connectivity index (χ0) is 15.0. The molecule has 110 valence electrons. The summed E-state index contributed by atoms with van der Waals surface area (Å²) in [5.74, 6) is -0.893. The number of hydrogen-bond acceptors (Lipinski definition) is 3. The maximum Gasteiger partial charge on any atom is 0.326 e. The number of nitrogens with one attached hydrogen (secondary N) is 1. The fourth-order valence-electron chi connectivity index (χ4n) is 1.58. The lowest BCUT2D eigenvalue weighted by molar-refractivity contribution is -0.142. The number of unbranched alkanes of at least 4 members (excludes halogenated alkanes) is 1. The van der Waals surface area contributed by atoms with E-state index in [1.807, 2.05) is 6.92 Å². The zero-order valence-electron chi connectivity index (χ0n) is 11.3. The number of halogens is 1. The van der Waals surface area contributed by atoms with Crippen molar-refractivity contribution in [3.05, 3.63) is 28.7 Å². The molecule has 1 aromatic carbocycles. The van der Waals surface area contributed by atoms with Gasteiger partial charge in [-0.3, -0.25) is 4.79 Å². The van der Waals surface area contributed by atoms with E-state index in [4.69, 9.17) is 9.84 Å². The van der Waals surface area contributed by atoms with Crippen molar-refractivity contribution >= 4 is 27.8 Å². The summed E-state index contributed by atoms with van der Waals surface area (Å²) in [4.78, 5) is 22.6. The average molecular weight is 344 g/mol. The molecule has 0 fully saturated rings. The summed E-state index contributed by atoms with van der Waals surface area (Å²) >= 11 is 3.30. The first-order chi connectivity index (χ1) is 9.52. The molecule has 0 aliphatic rings. The maximum absolute atomic E-state index is 11.7. The normalized spacial score (nSPS) is 11.7. The molecule has 0 spiro atoms. The summed E-state index contributed by atoms with van der Waals surface area (Å²) < 4.78 is 6.20. The van der Waals surface area contributed by atoms with Gasteiger partial charge in [0, 0.05) is 4.47 Å². The lowest BCUT2D eigenvalue weighted by Gasteiger charge is -2.14. The van der Waals surface area contributed by atoms with Crippen molar-refractivity contribution in [3.8, 4) is 5.75 Å². The first kappa shape index (κ1) is 16.5. The van der Waals surface area contributed by atoms with Gasteiger partial charge in [-0.2, -0.15) is 0 Å². The first-order valence-electron chi connectivity index (χ1n) is 6.43. The van der Waals surface area contributed by atoms with Crippen LogP contribution in [0, 0.1) is 0 Å². The smallest absolute Gasteiger partial charge is 0.326 e. The third-order valence-corrected chi connectivity index (χ3v) is 3.19. The number of amides is 1. The highest BCUT2D eigenvalue weighted by molar-refractivity contribution is 9.10. The molecule has 6 heteroatoms. The van der Waals surface area contributed by atoms with Gasteiger partial charge in [-0.05, 0) is 30.7 Å². The minimum atomic E-state index is -1.02. The van der Waals surface area contributed by atoms with Crippen LogP contribution in [0.2, 0.25) is 0 Å². The van der Waals surface area contributed by atoms with Gasteiger partial charge >= 0.3 is 5.97 Å². The minimum Gasteiger partial charge on any atom is -0.484 e. The minimum absolute atomic E-state index is 0.197. The molecule has 0 saturated carbocycles. The summed E-state index contributed by atoms with van der Waals surface area (Å²) in [5, 5.41) is 11.5. The highest BCUT2D eigenvalue weighted by Gasteiger charge is 2.19. The van der Waals surface area contributed by atoms with Crippen molar-refractivity contribution in [2.24, 2.45) is 0 Å². The van der Waals surface area contributed by atoms with E-state index in [2.05, 4.69) is 21.2 Å². The lowest BCUT2D eigenvalue weighted by atomic mass is 10.1. The van der Waals surface area contributed by atoms with Crippen LogP contribution < -0.4 is 10.1 Å². The molecule has 0 radical (unpaired) electrons. The number of aliphatic carboxylic acids is 1. The van der Waals surface area contributed by atoms with Gasteiger partial charge in [-0.1, -0.05) is 35.7 Å². The van der Waals surface area contributed by atoms with Gasteiger partial charge in [0.2, 0.25) is 0 Å². The molecule has 0 bridgehead atoms. The van der Waals surface area contributed by atoms with Crippen LogP contribution in [0.1, 0.15) is 26.2 Å². The molecule has 0 aliphatic carbocycles. The maximum atomic E-state index is 11.7. The molecule has 0 aliphatic heterocycles. The van der Waals surface area contributed by atoms with Crippen LogP contribution in [0.5, 0.6) is 5.75 Å². The van der Waals surface area contributed by atoms with E-state index in [1.54, 1.807) is 24.3 Å². The molecule has 5 nitrogen and oxygen atoms in total. The molecule has 20 heavy (non-hydrogen) atoms. The molecule has 0 saturated heterocycles. The molecule has 1 aromatic rings. The second-order valence-corrected chi connectivity index (χ2v) is 5.26. The Balaban J connectivity index is 2.41. The quantitative estimate of drug-likeness (QED) is 0.760. The predicted molar refractivity (Wildman–Crippen MR) is 78.7 cm³/mol. The van der Waals surface area contributed by atoms with Gasteiger partial charge in [0.05, 0.1) is 0 Å². The van der Waals surface area contributed by atoms with E-state index in [0.29, 0.717) is 12.2 Å². The average Bonchev–Trinajstić information content (AvgIpc) is 2.42. The largest absolute Gasteiger partial charge is 0.484 e. The highest BCUT2D eigenvalue weighted by atomic mass is 79.9. The van der Waals surface area contributed by atoms with Crippen molar-refractivity contribution < 1.29 is 19.4 Å². The first-order valence-corrected chi connectivity index (χ1v) is 7.22. The third kappa shape index (κ3) is 6.06. The molecule has 1 rings (SSSR count). The van der Waals surface area contributed by atoms with Crippen LogP contribution in [0.25, 0.3) is 0 Å². The Morgan fingerprint density at radius 2 is 2.00 bits per heavy atom. The Morgan fingerprint density at radius 3 is 2.55 bits per heavy atom. The number of carbonyl (C=O) groups is 2. The van der Waals surface area contributed by atoms with Gasteiger partial charge in [-0.25, -0.2) is 4.79 Å². The third-order valence-electron chi connectivity index (χ3n) is 2.66. The summed E-state index contributed by atoms with van der Waals surface area (Å²) in [6.45, 7) is 1.77. The Kier molecular flexibility index (Phi) is 7.08. The van der Waals surface area contributed by atoms with Gasteiger partial charge < -0.3 is 15.2 Å². The highest BCUT2D eigenvalue weighted by Crippen LogP contribution is 2.15. The summed E-state index contributed by atoms with van der Waals surface area (Å²) in [5.41, 5.74) is 0. The van der Waals surface area contributed by atoms with Crippen molar-refractivity contribution in [2.45, 2.75) is 32.2 Å². The molecule has 0 aromatic heterocycles.